The Kier molecular flexibility index (Phi) is 22.1. The molecule has 67 heavy (non-hydrogen) atoms. The normalized spacial score (nSPS) is 37.0. The second-order valence-electron chi connectivity index (χ2n) is 18.4. The van der Waals surface area contributed by atoms with Gasteiger partial charge in [0.15, 0.2) is 18.7 Å². The molecule has 4 N–H and O–H groups in total. The molecule has 378 valence electrons. The molecule has 0 amide bonds. The van der Waals surface area contributed by atoms with E-state index in [0.717, 1.165) is 5.56 Å². The lowest BCUT2D eigenvalue weighted by Gasteiger charge is -2.52. The van der Waals surface area contributed by atoms with Crippen LogP contribution in [0.1, 0.15) is 99.0 Å². The highest BCUT2D eigenvalue weighted by Crippen LogP contribution is 2.41. The van der Waals surface area contributed by atoms with Crippen LogP contribution in [0.15, 0.2) is 60.7 Å². The van der Waals surface area contributed by atoms with Crippen molar-refractivity contribution in [2.24, 2.45) is 5.92 Å². The Balaban J connectivity index is 1.83. The molecule has 0 spiro atoms. The third-order valence-electron chi connectivity index (χ3n) is 12.6. The smallest absolute Gasteiger partial charge is 0.309 e. The fourth-order valence-electron chi connectivity index (χ4n) is 9.11. The van der Waals surface area contributed by atoms with Gasteiger partial charge in [0, 0.05) is 45.8 Å². The molecular weight excluding hydrogens is 871 g/mol. The predicted octanol–water partition coefficient (Wildman–Crippen LogP) is 4.41. The van der Waals surface area contributed by atoms with Crippen LogP contribution in [0, 0.1) is 5.92 Å². The van der Waals surface area contributed by atoms with Crippen LogP contribution in [-0.2, 0) is 57.0 Å². The lowest BCUT2D eigenvalue weighted by Crippen LogP contribution is -2.67. The zero-order valence-electron chi connectivity index (χ0n) is 40.9. The highest BCUT2D eigenvalue weighted by molar-refractivity contribution is 5.72. The number of benzene rings is 1. The van der Waals surface area contributed by atoms with Gasteiger partial charge < -0.3 is 68.0 Å². The van der Waals surface area contributed by atoms with E-state index >= 15 is 0 Å². The molecule has 1 aromatic rings. The van der Waals surface area contributed by atoms with Crippen molar-refractivity contribution >= 4 is 24.0 Å². The number of aliphatic hydroxyl groups excluding tert-OH is 3. The summed E-state index contributed by atoms with van der Waals surface area (Å²) in [5.41, 5.74) is -2.22. The second kappa shape index (κ2) is 26.4. The zero-order valence-corrected chi connectivity index (χ0v) is 40.9. The lowest BCUT2D eigenvalue weighted by atomic mass is 9.78. The van der Waals surface area contributed by atoms with E-state index in [2.05, 4.69) is 0 Å². The van der Waals surface area contributed by atoms with Gasteiger partial charge >= 0.3 is 17.9 Å². The number of likely N-dealkylation sites (N-methyl/N-ethyl adjacent to an activating group) is 1. The first-order valence-corrected chi connectivity index (χ1v) is 23.6. The average molecular weight is 948 g/mol. The van der Waals surface area contributed by atoms with E-state index in [0.29, 0.717) is 6.42 Å². The molecule has 3 heterocycles. The molecule has 0 saturated carbocycles. The molecule has 1 aromatic carbocycles. The fourth-order valence-corrected chi connectivity index (χ4v) is 9.11. The van der Waals surface area contributed by atoms with Crippen LogP contribution in [0.4, 0.5) is 0 Å². The molecule has 3 aliphatic rings. The minimum absolute atomic E-state index is 0.0231. The Morgan fingerprint density at radius 3 is 2.22 bits per heavy atom. The van der Waals surface area contributed by atoms with Crippen molar-refractivity contribution in [2.45, 2.75) is 184 Å². The number of carbonyl (C=O) groups is 3. The monoisotopic (exact) mass is 948 g/mol. The maximum atomic E-state index is 13.7. The first kappa shape index (κ1) is 56.0. The summed E-state index contributed by atoms with van der Waals surface area (Å²) in [5.74, 6) is -2.35. The summed E-state index contributed by atoms with van der Waals surface area (Å²) in [4.78, 5) is 40.9. The van der Waals surface area contributed by atoms with Crippen molar-refractivity contribution < 1.29 is 77.4 Å². The SMILES string of the molecule is CCC(=O)OC1C(C)OC(OC2C(C)OC(O[C@@H]3[C@@H](OC)[C@H](OC(=O)CC)CC(=O)O[C@H](C)CC=CC=C[C@H](O)[C@H](C)C[C@@]3(CCO)OCC=Cc3ccccc3)C(O)C2N(C)C)CC1(C)O. The maximum absolute atomic E-state index is 13.7. The van der Waals surface area contributed by atoms with Crippen LogP contribution in [0.2, 0.25) is 0 Å². The quantitative estimate of drug-likeness (QED) is 0.133. The summed E-state index contributed by atoms with van der Waals surface area (Å²) >= 11 is 0. The first-order valence-electron chi connectivity index (χ1n) is 23.6. The number of hydrogen-bond acceptors (Lipinski definition) is 17. The van der Waals surface area contributed by atoms with Crippen molar-refractivity contribution in [1.29, 1.82) is 0 Å². The van der Waals surface area contributed by atoms with Gasteiger partial charge in [0.05, 0.1) is 37.4 Å². The maximum Gasteiger partial charge on any atom is 0.309 e. The number of nitrogens with zero attached hydrogens (tertiary/aromatic N) is 1. The molecule has 0 bridgehead atoms. The summed E-state index contributed by atoms with van der Waals surface area (Å²) in [6, 6.07) is 8.72. The molecule has 2 saturated heterocycles. The third kappa shape index (κ3) is 15.7. The van der Waals surface area contributed by atoms with E-state index in [9.17, 15) is 34.8 Å². The van der Waals surface area contributed by atoms with Gasteiger partial charge in [-0.3, -0.25) is 14.4 Å². The molecule has 2 fully saturated rings. The number of esters is 3. The number of carbonyl (C=O) groups excluding carboxylic acids is 3. The Morgan fingerprint density at radius 2 is 1.60 bits per heavy atom. The summed E-state index contributed by atoms with van der Waals surface area (Å²) in [6.45, 7) is 11.3. The van der Waals surface area contributed by atoms with E-state index in [1.54, 1.807) is 84.8 Å². The molecular formula is C50H77NO16. The molecule has 0 aliphatic carbocycles. The predicted molar refractivity (Wildman–Crippen MR) is 247 cm³/mol. The van der Waals surface area contributed by atoms with Crippen molar-refractivity contribution in [3.63, 3.8) is 0 Å². The topological polar surface area (TPSA) is 218 Å². The second-order valence-corrected chi connectivity index (χ2v) is 18.4. The van der Waals surface area contributed by atoms with Crippen molar-refractivity contribution in [1.82, 2.24) is 4.90 Å². The molecule has 3 aliphatic heterocycles. The van der Waals surface area contributed by atoms with E-state index in [4.69, 9.17) is 42.6 Å². The Morgan fingerprint density at radius 1 is 0.910 bits per heavy atom. The van der Waals surface area contributed by atoms with Gasteiger partial charge in [0.25, 0.3) is 0 Å². The molecule has 17 heteroatoms. The van der Waals surface area contributed by atoms with Gasteiger partial charge in [-0.15, -0.1) is 0 Å². The Bertz CT molecular complexity index is 1770. The van der Waals surface area contributed by atoms with Crippen molar-refractivity contribution in [2.75, 3.05) is 34.4 Å². The van der Waals surface area contributed by atoms with Gasteiger partial charge in [-0.2, -0.15) is 0 Å². The number of allylic oxidation sites excluding steroid dienone is 2. The summed E-state index contributed by atoms with van der Waals surface area (Å²) < 4.78 is 56.7. The zero-order chi connectivity index (χ0) is 49.5. The van der Waals surface area contributed by atoms with Crippen LogP contribution in [0.25, 0.3) is 6.08 Å². The molecule has 9 unspecified atom stereocenters. The van der Waals surface area contributed by atoms with Gasteiger partial charge in [0.1, 0.15) is 47.8 Å². The average Bonchev–Trinajstić information content (AvgIpc) is 3.27. The number of cyclic esters (lactones) is 1. The Labute approximate surface area is 396 Å². The van der Waals surface area contributed by atoms with Gasteiger partial charge in [-0.25, -0.2) is 0 Å². The number of aliphatic hydroxyl groups is 4. The highest BCUT2D eigenvalue weighted by Gasteiger charge is 2.56. The summed E-state index contributed by atoms with van der Waals surface area (Å²) in [6.07, 6.45) is -2.57. The molecule has 16 atom stereocenters. The minimum Gasteiger partial charge on any atom is -0.462 e. The van der Waals surface area contributed by atoms with Crippen LogP contribution < -0.4 is 0 Å². The third-order valence-corrected chi connectivity index (χ3v) is 12.6. The Hall–Kier alpha value is -3.59. The lowest BCUT2D eigenvalue weighted by molar-refractivity contribution is -0.352. The number of methoxy groups -OCH3 is 1. The highest BCUT2D eigenvalue weighted by atomic mass is 16.7. The van der Waals surface area contributed by atoms with Crippen LogP contribution in [0.3, 0.4) is 0 Å². The molecule has 17 nitrogen and oxygen atoms in total. The standard InChI is InChI=1S/C50H77NO16/c1-11-38(54)64-37-28-40(56)61-32(4)20-15-13-18-24-36(53)31(3)29-50(25-26-52,60-27-19-23-35-21-16-14-17-22-35)47(45(37)59-10)67-48-43(57)42(51(8)9)44(33(5)63-48)66-41-30-49(7,58)46(34(6)62-41)65-39(55)12-2/h13-19,21-24,31-34,36-37,41-48,52-53,57-58H,11-12,20,25-30H2,1-10H3/t31-,32-,33?,34?,36+,37-,41?,42?,43?,44?,45+,46?,47-,48?,49?,50-/m1/s1. The molecule has 0 radical (unpaired) electrons. The number of ether oxygens (including phenoxy) is 9. The first-order chi connectivity index (χ1) is 31.8. The summed E-state index contributed by atoms with van der Waals surface area (Å²) in [5, 5.41) is 46.5. The van der Waals surface area contributed by atoms with E-state index in [1.807, 2.05) is 49.4 Å². The fraction of sp³-hybridized carbons (Fsp3) is 0.700. The van der Waals surface area contributed by atoms with Crippen molar-refractivity contribution in [3.8, 4) is 0 Å². The number of rotatable bonds is 16. The largest absolute Gasteiger partial charge is 0.462 e. The van der Waals surface area contributed by atoms with Gasteiger partial charge in [-0.1, -0.05) is 87.6 Å². The van der Waals surface area contributed by atoms with E-state index in [-0.39, 0.29) is 38.7 Å². The van der Waals surface area contributed by atoms with E-state index in [1.165, 1.54) is 7.11 Å². The van der Waals surface area contributed by atoms with Crippen LogP contribution in [-0.4, -0.2) is 169 Å². The van der Waals surface area contributed by atoms with Gasteiger partial charge in [0.2, 0.25) is 0 Å². The minimum atomic E-state index is -1.60. The van der Waals surface area contributed by atoms with Gasteiger partial charge in [-0.05, 0) is 59.7 Å². The van der Waals surface area contributed by atoms with Crippen molar-refractivity contribution in [3.05, 3.63) is 66.3 Å². The van der Waals surface area contributed by atoms with E-state index < -0.39 is 128 Å². The number of hydrogen-bond donors (Lipinski definition) is 4. The van der Waals surface area contributed by atoms with Crippen LogP contribution in [0.5, 0.6) is 0 Å². The molecule has 4 rings (SSSR count). The summed E-state index contributed by atoms with van der Waals surface area (Å²) in [7, 11) is 4.87. The molecule has 0 aromatic heterocycles. The van der Waals surface area contributed by atoms with Crippen LogP contribution >= 0.6 is 0 Å².